The minimum atomic E-state index is -1.01. The lowest BCUT2D eigenvalue weighted by molar-refractivity contribution is -0.147. The molecule has 1 heterocycles. The van der Waals surface area contributed by atoms with E-state index in [0.29, 0.717) is 0 Å². The van der Waals surface area contributed by atoms with Gasteiger partial charge in [-0.05, 0) is 45.2 Å². The van der Waals surface area contributed by atoms with Crippen LogP contribution in [-0.4, -0.2) is 28.8 Å². The molecule has 1 aliphatic rings. The topological polar surface area (TPSA) is 49.4 Å². The van der Waals surface area contributed by atoms with E-state index in [4.69, 9.17) is 0 Å². The fraction of sp³-hybridized carbons (Fsp3) is 0.467. The first-order chi connectivity index (χ1) is 9.91. The van der Waals surface area contributed by atoms with Crippen LogP contribution >= 0.6 is 0 Å². The van der Waals surface area contributed by atoms with Crippen LogP contribution in [0, 0.1) is 11.6 Å². The van der Waals surface area contributed by atoms with Crippen LogP contribution in [0.4, 0.5) is 14.5 Å². The molecular weight excluding hydrogens is 278 g/mol. The number of carbonyl (C=O) groups is 2. The van der Waals surface area contributed by atoms with Crippen LogP contribution in [0.5, 0.6) is 0 Å². The molecule has 1 aromatic rings. The highest BCUT2D eigenvalue weighted by Gasteiger charge is 2.33. The summed E-state index contributed by atoms with van der Waals surface area (Å²) in [4.78, 5) is 25.7. The van der Waals surface area contributed by atoms with Crippen molar-refractivity contribution in [3.63, 3.8) is 0 Å². The summed E-state index contributed by atoms with van der Waals surface area (Å²) in [5, 5.41) is 2.04. The fourth-order valence-corrected chi connectivity index (χ4v) is 2.72. The summed E-state index contributed by atoms with van der Waals surface area (Å²) in [5.74, 6) is -3.58. The average molecular weight is 296 g/mol. The molecule has 0 bridgehead atoms. The second-order valence-electron chi connectivity index (χ2n) is 5.39. The highest BCUT2D eigenvalue weighted by Crippen LogP contribution is 2.23. The van der Waals surface area contributed by atoms with Crippen molar-refractivity contribution in [2.45, 2.75) is 45.2 Å². The standard InChI is InChI=1S/C15H18F2N2O2/c1-9-5-3-6-10(2)19(9)15(21)14(20)18-13-11(16)7-4-8-12(13)17/h4,7-10H,3,5-6H2,1-2H3,(H,18,20). The van der Waals surface area contributed by atoms with E-state index < -0.39 is 29.1 Å². The highest BCUT2D eigenvalue weighted by atomic mass is 19.1. The number of benzene rings is 1. The van der Waals surface area contributed by atoms with Gasteiger partial charge in [-0.15, -0.1) is 0 Å². The number of carbonyl (C=O) groups excluding carboxylic acids is 2. The molecule has 2 atom stereocenters. The Kier molecular flexibility index (Phi) is 4.55. The molecule has 1 aromatic carbocycles. The largest absolute Gasteiger partial charge is 0.329 e. The minimum absolute atomic E-state index is 0.0579. The molecule has 2 amide bonds. The summed E-state index contributed by atoms with van der Waals surface area (Å²) < 4.78 is 27.0. The van der Waals surface area contributed by atoms with Gasteiger partial charge in [-0.2, -0.15) is 0 Å². The van der Waals surface area contributed by atoms with Crippen LogP contribution in [0.15, 0.2) is 18.2 Å². The Morgan fingerprint density at radius 3 is 2.19 bits per heavy atom. The molecule has 0 radical (unpaired) electrons. The highest BCUT2D eigenvalue weighted by molar-refractivity contribution is 6.39. The lowest BCUT2D eigenvalue weighted by Crippen LogP contribution is -2.51. The number of rotatable bonds is 1. The summed E-state index contributed by atoms with van der Waals surface area (Å²) in [6.45, 7) is 3.73. The smallest absolute Gasteiger partial charge is 0.314 e. The minimum Gasteiger partial charge on any atom is -0.329 e. The number of amides is 2. The maximum Gasteiger partial charge on any atom is 0.314 e. The molecule has 0 spiro atoms. The third-order valence-corrected chi connectivity index (χ3v) is 3.82. The van der Waals surface area contributed by atoms with Crippen molar-refractivity contribution < 1.29 is 18.4 Å². The van der Waals surface area contributed by atoms with Crippen LogP contribution in [0.1, 0.15) is 33.1 Å². The van der Waals surface area contributed by atoms with Crippen molar-refractivity contribution in [1.82, 2.24) is 4.90 Å². The number of para-hydroxylation sites is 1. The van der Waals surface area contributed by atoms with E-state index in [1.54, 1.807) is 0 Å². The van der Waals surface area contributed by atoms with Crippen LogP contribution < -0.4 is 5.32 Å². The molecule has 6 heteroatoms. The van der Waals surface area contributed by atoms with E-state index in [-0.39, 0.29) is 12.1 Å². The van der Waals surface area contributed by atoms with Crippen molar-refractivity contribution in [2.75, 3.05) is 5.32 Å². The number of piperidine rings is 1. The number of hydrogen-bond acceptors (Lipinski definition) is 2. The lowest BCUT2D eigenvalue weighted by Gasteiger charge is -2.38. The Morgan fingerprint density at radius 1 is 1.14 bits per heavy atom. The maximum atomic E-state index is 13.5. The first kappa shape index (κ1) is 15.4. The van der Waals surface area contributed by atoms with E-state index in [1.807, 2.05) is 19.2 Å². The Balaban J connectivity index is 2.14. The van der Waals surface area contributed by atoms with Crippen LogP contribution in [-0.2, 0) is 9.59 Å². The number of halogens is 2. The predicted octanol–water partition coefficient (Wildman–Crippen LogP) is 2.69. The molecule has 2 unspecified atom stereocenters. The van der Waals surface area contributed by atoms with Gasteiger partial charge in [0.15, 0.2) is 0 Å². The first-order valence-electron chi connectivity index (χ1n) is 6.99. The van der Waals surface area contributed by atoms with Gasteiger partial charge in [0.2, 0.25) is 0 Å². The Bertz CT molecular complexity index is 532. The molecule has 0 aromatic heterocycles. The maximum absolute atomic E-state index is 13.5. The molecule has 1 aliphatic heterocycles. The van der Waals surface area contributed by atoms with Crippen molar-refractivity contribution in [3.05, 3.63) is 29.8 Å². The molecule has 1 saturated heterocycles. The number of nitrogens with one attached hydrogen (secondary N) is 1. The van der Waals surface area contributed by atoms with Crippen LogP contribution in [0.3, 0.4) is 0 Å². The Morgan fingerprint density at radius 2 is 1.67 bits per heavy atom. The molecular formula is C15H18F2N2O2. The van der Waals surface area contributed by atoms with Gasteiger partial charge >= 0.3 is 11.8 Å². The molecule has 114 valence electrons. The van der Waals surface area contributed by atoms with E-state index >= 15 is 0 Å². The summed E-state index contributed by atoms with van der Waals surface area (Å²) in [6.07, 6.45) is 2.63. The van der Waals surface area contributed by atoms with Gasteiger partial charge in [-0.3, -0.25) is 9.59 Å². The van der Waals surface area contributed by atoms with Crippen molar-refractivity contribution in [2.24, 2.45) is 0 Å². The van der Waals surface area contributed by atoms with Crippen molar-refractivity contribution >= 4 is 17.5 Å². The molecule has 0 aliphatic carbocycles. The quantitative estimate of drug-likeness (QED) is 0.810. The molecule has 0 saturated carbocycles. The second-order valence-corrected chi connectivity index (χ2v) is 5.39. The molecule has 4 nitrogen and oxygen atoms in total. The first-order valence-corrected chi connectivity index (χ1v) is 6.99. The van der Waals surface area contributed by atoms with E-state index in [0.717, 1.165) is 31.4 Å². The van der Waals surface area contributed by atoms with Crippen molar-refractivity contribution in [1.29, 1.82) is 0 Å². The zero-order valence-corrected chi connectivity index (χ0v) is 12.0. The zero-order valence-electron chi connectivity index (χ0n) is 12.0. The van der Waals surface area contributed by atoms with Gasteiger partial charge in [0.05, 0.1) is 0 Å². The van der Waals surface area contributed by atoms with Crippen LogP contribution in [0.2, 0.25) is 0 Å². The summed E-state index contributed by atoms with van der Waals surface area (Å²) in [5.41, 5.74) is -0.590. The van der Waals surface area contributed by atoms with E-state index in [9.17, 15) is 18.4 Å². The molecule has 21 heavy (non-hydrogen) atoms. The summed E-state index contributed by atoms with van der Waals surface area (Å²) in [6, 6.07) is 3.12. The lowest BCUT2D eigenvalue weighted by atomic mass is 9.97. The van der Waals surface area contributed by atoms with E-state index in [2.05, 4.69) is 0 Å². The SMILES string of the molecule is CC1CCCC(C)N1C(=O)C(=O)Nc1c(F)cccc1F. The monoisotopic (exact) mass is 296 g/mol. The van der Waals surface area contributed by atoms with Gasteiger partial charge in [0, 0.05) is 12.1 Å². The fourth-order valence-electron chi connectivity index (χ4n) is 2.72. The Labute approximate surface area is 122 Å². The van der Waals surface area contributed by atoms with E-state index in [1.165, 1.54) is 11.0 Å². The summed E-state index contributed by atoms with van der Waals surface area (Å²) >= 11 is 0. The number of likely N-dealkylation sites (tertiary alicyclic amines) is 1. The van der Waals surface area contributed by atoms with Gasteiger partial charge in [0.1, 0.15) is 17.3 Å². The van der Waals surface area contributed by atoms with Gasteiger partial charge in [-0.25, -0.2) is 8.78 Å². The van der Waals surface area contributed by atoms with Crippen molar-refractivity contribution in [3.8, 4) is 0 Å². The van der Waals surface area contributed by atoms with Gasteiger partial charge in [-0.1, -0.05) is 6.07 Å². The number of anilines is 1. The van der Waals surface area contributed by atoms with Crippen LogP contribution in [0.25, 0.3) is 0 Å². The third kappa shape index (κ3) is 3.20. The number of nitrogens with zero attached hydrogens (tertiary/aromatic N) is 1. The normalized spacial score (nSPS) is 22.0. The Hall–Kier alpha value is -1.98. The van der Waals surface area contributed by atoms with Gasteiger partial charge < -0.3 is 10.2 Å². The molecule has 1 fully saturated rings. The number of hydrogen-bond donors (Lipinski definition) is 1. The van der Waals surface area contributed by atoms with Gasteiger partial charge in [0.25, 0.3) is 0 Å². The average Bonchev–Trinajstić information content (AvgIpc) is 2.42. The summed E-state index contributed by atoms with van der Waals surface area (Å²) in [7, 11) is 0. The zero-order chi connectivity index (χ0) is 15.6. The molecule has 2 rings (SSSR count). The third-order valence-electron chi connectivity index (χ3n) is 3.82. The second kappa shape index (κ2) is 6.20. The molecule has 1 N–H and O–H groups in total. The predicted molar refractivity (Wildman–Crippen MR) is 74.6 cm³/mol.